The molecule has 15 N–H and O–H groups in total. The van der Waals surface area contributed by atoms with Crippen LogP contribution in [0.2, 0.25) is 0 Å². The Bertz CT molecular complexity index is 2110. The Hall–Kier alpha value is -6.84. The first-order chi connectivity index (χ1) is 32.9. The number of halogens is 1. The first kappa shape index (κ1) is 54.8. The molecule has 69 heavy (non-hydrogen) atoms. The van der Waals surface area contributed by atoms with Gasteiger partial charge in [-0.1, -0.05) is 35.5 Å². The number of hydrogen-bond donors (Lipinski definition) is 13. The van der Waals surface area contributed by atoms with Gasteiger partial charge in [-0.05, 0) is 57.4 Å². The van der Waals surface area contributed by atoms with E-state index in [0.717, 1.165) is 0 Å². The highest BCUT2D eigenvalue weighted by Gasteiger charge is 2.46. The van der Waals surface area contributed by atoms with Gasteiger partial charge in [-0.25, -0.2) is 4.68 Å². The molecule has 0 aliphatic carbocycles. The molecule has 2 fully saturated rings. The minimum absolute atomic E-state index is 0.0466. The van der Waals surface area contributed by atoms with Crippen LogP contribution in [0.4, 0.5) is 4.39 Å². The summed E-state index contributed by atoms with van der Waals surface area (Å²) in [7, 11) is 0. The number of carboxylic acid groups (broad SMARTS) is 1. The van der Waals surface area contributed by atoms with Crippen LogP contribution in [0.3, 0.4) is 0 Å². The minimum atomic E-state index is -1.87. The quantitative estimate of drug-likeness (QED) is 0.0316. The first-order valence-corrected chi connectivity index (χ1v) is 22.4. The molecule has 380 valence electrons. The summed E-state index contributed by atoms with van der Waals surface area (Å²) < 4.78 is 19.4. The molecule has 2 aliphatic rings. The van der Waals surface area contributed by atoms with Crippen LogP contribution < -0.4 is 48.7 Å². The van der Waals surface area contributed by atoms with Gasteiger partial charge >= 0.3 is 5.97 Å². The SMILES string of the molecule is C[C@@H]1NC(=O)[C@H](CCCN=C(N)N)NC(=O)[C@H](CCCCNC(=O)C2OC(CNC(=O)Cn3cc(CCCF)nn3)C(O)C(O)C2O)NC(=O)[C@@H](Cc2ccccc2)NC(=O)[C@H](CC(=O)O)NC1=O. The number of rotatable bonds is 21. The number of guanidine groups is 1. The molecule has 26 nitrogen and oxygen atoms in total. The van der Waals surface area contributed by atoms with Crippen LogP contribution in [-0.4, -0.2) is 176 Å². The Morgan fingerprint density at radius 1 is 0.797 bits per heavy atom. The molecule has 1 aromatic carbocycles. The number of aromatic nitrogens is 3. The summed E-state index contributed by atoms with van der Waals surface area (Å²) in [6.07, 6.45) is -7.13. The average molecular weight is 976 g/mol. The number of carboxylic acids is 1. The fraction of sp³-hybridized carbons (Fsp3) is 0.595. The number of alkyl halides is 1. The molecular formula is C42H62FN13O13. The van der Waals surface area contributed by atoms with Gasteiger partial charge in [-0.2, -0.15) is 0 Å². The number of unbranched alkanes of at least 4 members (excludes halogenated alkanes) is 1. The molecule has 0 bridgehead atoms. The van der Waals surface area contributed by atoms with Gasteiger partial charge in [0.1, 0.15) is 61.2 Å². The van der Waals surface area contributed by atoms with E-state index in [2.05, 4.69) is 52.5 Å². The number of aryl methyl sites for hydroxylation is 1. The van der Waals surface area contributed by atoms with Crippen molar-refractivity contribution in [3.63, 3.8) is 0 Å². The van der Waals surface area contributed by atoms with E-state index in [0.29, 0.717) is 17.7 Å². The van der Waals surface area contributed by atoms with Gasteiger partial charge in [0.2, 0.25) is 35.4 Å². The summed E-state index contributed by atoms with van der Waals surface area (Å²) in [6.45, 7) is 0.0471. The third kappa shape index (κ3) is 17.6. The van der Waals surface area contributed by atoms with E-state index in [1.54, 1.807) is 30.3 Å². The van der Waals surface area contributed by atoms with Gasteiger partial charge in [-0.3, -0.25) is 47.7 Å². The van der Waals surface area contributed by atoms with Crippen molar-refractivity contribution in [2.75, 3.05) is 26.3 Å². The maximum Gasteiger partial charge on any atom is 0.305 e. The Labute approximate surface area is 395 Å². The molecule has 2 aliphatic heterocycles. The lowest BCUT2D eigenvalue weighted by Crippen LogP contribution is -2.63. The third-order valence-electron chi connectivity index (χ3n) is 11.0. The normalized spacial score (nSPS) is 25.8. The first-order valence-electron chi connectivity index (χ1n) is 22.4. The van der Waals surface area contributed by atoms with E-state index in [1.165, 1.54) is 17.8 Å². The molecule has 0 saturated carbocycles. The lowest BCUT2D eigenvalue weighted by Gasteiger charge is -2.40. The number of benzene rings is 1. The summed E-state index contributed by atoms with van der Waals surface area (Å²) in [6, 6.07) is 1.33. The van der Waals surface area contributed by atoms with Crippen LogP contribution in [-0.2, 0) is 62.5 Å². The second-order valence-corrected chi connectivity index (χ2v) is 16.6. The maximum atomic E-state index is 14.1. The van der Waals surface area contributed by atoms with Gasteiger partial charge in [0.15, 0.2) is 12.1 Å². The molecule has 27 heteroatoms. The van der Waals surface area contributed by atoms with Crippen molar-refractivity contribution < 1.29 is 67.9 Å². The minimum Gasteiger partial charge on any atom is -0.481 e. The van der Waals surface area contributed by atoms with E-state index in [1.807, 2.05) is 0 Å². The average Bonchev–Trinajstić information content (AvgIpc) is 3.75. The van der Waals surface area contributed by atoms with Crippen molar-refractivity contribution in [2.24, 2.45) is 16.5 Å². The van der Waals surface area contributed by atoms with E-state index >= 15 is 0 Å². The molecule has 0 radical (unpaired) electrons. The van der Waals surface area contributed by atoms with Crippen molar-refractivity contribution in [3.8, 4) is 0 Å². The number of nitrogens with zero attached hydrogens (tertiary/aromatic N) is 4. The van der Waals surface area contributed by atoms with Gasteiger partial charge in [0, 0.05) is 32.3 Å². The van der Waals surface area contributed by atoms with E-state index in [4.69, 9.17) is 16.2 Å². The summed E-state index contributed by atoms with van der Waals surface area (Å²) >= 11 is 0. The molecular weight excluding hydrogens is 914 g/mol. The highest BCUT2D eigenvalue weighted by Crippen LogP contribution is 2.21. The van der Waals surface area contributed by atoms with Crippen molar-refractivity contribution in [3.05, 3.63) is 47.8 Å². The van der Waals surface area contributed by atoms with E-state index in [9.17, 15) is 63.2 Å². The maximum absolute atomic E-state index is 14.1. The fourth-order valence-corrected chi connectivity index (χ4v) is 7.29. The number of nitrogens with one attached hydrogen (secondary N) is 7. The summed E-state index contributed by atoms with van der Waals surface area (Å²) in [5.74, 6) is -7.63. The summed E-state index contributed by atoms with van der Waals surface area (Å²) in [5, 5.41) is 66.7. The van der Waals surface area contributed by atoms with Gasteiger partial charge in [0.05, 0.1) is 18.8 Å². The number of aliphatic hydroxyl groups excluding tert-OH is 3. The molecule has 5 unspecified atom stereocenters. The van der Waals surface area contributed by atoms with Gasteiger partial charge < -0.3 is 73.8 Å². The molecule has 2 aromatic rings. The number of carbonyl (C=O) groups excluding carboxylic acids is 7. The largest absolute Gasteiger partial charge is 0.481 e. The molecule has 7 amide bonds. The lowest BCUT2D eigenvalue weighted by atomic mass is 9.94. The zero-order valence-electron chi connectivity index (χ0n) is 37.9. The van der Waals surface area contributed by atoms with Crippen molar-refractivity contribution >= 4 is 53.3 Å². The predicted octanol–water partition coefficient (Wildman–Crippen LogP) is -5.34. The number of ether oxygens (including phenoxy) is 1. The number of nitrogens with two attached hydrogens (primary N) is 2. The lowest BCUT2D eigenvalue weighted by molar-refractivity contribution is -0.219. The Morgan fingerprint density at radius 3 is 2.09 bits per heavy atom. The van der Waals surface area contributed by atoms with Crippen molar-refractivity contribution in [1.29, 1.82) is 0 Å². The molecule has 4 rings (SSSR count). The molecule has 1 aromatic heterocycles. The number of carbonyl (C=O) groups is 8. The molecule has 3 heterocycles. The topological polar surface area (TPSA) is 406 Å². The zero-order chi connectivity index (χ0) is 50.6. The zero-order valence-corrected chi connectivity index (χ0v) is 37.9. The Kier molecular flexibility index (Phi) is 21.6. The van der Waals surface area contributed by atoms with Crippen molar-refractivity contribution in [1.82, 2.24) is 52.2 Å². The standard InChI is InChI=1S/C42H62FN13O13/c1-22-36(63)52-28(18-31(58)59)40(67)53-27(17-23-9-3-2-4-10-23)39(66)51-25(38(65)50-26(37(64)49-22)13-8-16-47-42(44)45)12-5-6-15-46-41(68)35-34(62)33(61)32(60)29(69-35)19-48-30(57)21-56-20-24(54-55-56)11-7-14-43/h2-4,9-10,20,22,25-29,32-35,60-62H,5-8,11-19,21H2,1H3,(H,46,68)(H,48,57)(H,49,64)(H,50,65)(H,51,66)(H,52,63)(H,53,67)(H,58,59)(H4,44,45,47)/t22-,25-,26-,27+,28-,29?,32?,33?,34?,35?/m0/s1. The monoisotopic (exact) mass is 975 g/mol. The number of aliphatic hydroxyl groups is 3. The number of aliphatic imine (C=N–C) groups is 1. The second kappa shape index (κ2) is 27.2. The summed E-state index contributed by atoms with van der Waals surface area (Å²) in [4.78, 5) is 110. The van der Waals surface area contributed by atoms with E-state index < -0.39 is 121 Å². The summed E-state index contributed by atoms with van der Waals surface area (Å²) in [5.41, 5.74) is 11.9. The highest BCUT2D eigenvalue weighted by atomic mass is 19.1. The Morgan fingerprint density at radius 2 is 1.42 bits per heavy atom. The Balaban J connectivity index is 1.46. The molecule has 10 atom stereocenters. The molecule has 0 spiro atoms. The van der Waals surface area contributed by atoms with Crippen LogP contribution >= 0.6 is 0 Å². The van der Waals surface area contributed by atoms with E-state index in [-0.39, 0.29) is 77.1 Å². The smallest absolute Gasteiger partial charge is 0.305 e. The fourth-order valence-electron chi connectivity index (χ4n) is 7.29. The van der Waals surface area contributed by atoms with Gasteiger partial charge in [-0.15, -0.1) is 5.10 Å². The number of hydrogen-bond acceptors (Lipinski definition) is 15. The molecule has 2 saturated heterocycles. The van der Waals surface area contributed by atoms with Crippen LogP contribution in [0.1, 0.15) is 63.1 Å². The third-order valence-corrected chi connectivity index (χ3v) is 11.0. The second-order valence-electron chi connectivity index (χ2n) is 16.6. The number of aliphatic carboxylic acids is 1. The van der Waals surface area contributed by atoms with Gasteiger partial charge in [0.25, 0.3) is 5.91 Å². The van der Waals surface area contributed by atoms with Crippen LogP contribution in [0, 0.1) is 0 Å². The predicted molar refractivity (Wildman–Crippen MR) is 239 cm³/mol. The van der Waals surface area contributed by atoms with Crippen LogP contribution in [0.25, 0.3) is 0 Å². The van der Waals surface area contributed by atoms with Crippen LogP contribution in [0.5, 0.6) is 0 Å². The highest BCUT2D eigenvalue weighted by molar-refractivity contribution is 5.98. The van der Waals surface area contributed by atoms with Crippen LogP contribution in [0.15, 0.2) is 41.5 Å². The number of amides is 7. The van der Waals surface area contributed by atoms with Crippen molar-refractivity contribution in [2.45, 2.75) is 132 Å².